The van der Waals surface area contributed by atoms with E-state index in [9.17, 15) is 19.2 Å². The molecule has 2 aliphatic heterocycles. The van der Waals surface area contributed by atoms with Gasteiger partial charge in [-0.2, -0.15) is 0 Å². The summed E-state index contributed by atoms with van der Waals surface area (Å²) in [6, 6.07) is 48.1. The van der Waals surface area contributed by atoms with Crippen molar-refractivity contribution in [1.82, 2.24) is 10.6 Å². The molecule has 2 aliphatic rings. The van der Waals surface area contributed by atoms with Crippen LogP contribution in [-0.4, -0.2) is 23.8 Å². The molecule has 6 aromatic carbocycles. The predicted octanol–water partition coefficient (Wildman–Crippen LogP) is 9.03. The highest BCUT2D eigenvalue weighted by Crippen LogP contribution is 2.51. The molecule has 2 N–H and O–H groups in total. The maximum Gasteiger partial charge on any atom is 0.342 e. The zero-order valence-electron chi connectivity index (χ0n) is 33.5. The third-order valence-electron chi connectivity index (χ3n) is 11.7. The van der Waals surface area contributed by atoms with Gasteiger partial charge in [-0.3, -0.25) is 9.59 Å². The van der Waals surface area contributed by atoms with Crippen molar-refractivity contribution in [1.29, 1.82) is 0 Å². The highest BCUT2D eigenvalue weighted by Gasteiger charge is 2.60. The Morgan fingerprint density at radius 3 is 1.09 bits per heavy atom. The molecule has 2 amide bonds. The molecule has 6 aromatic rings. The monoisotopic (exact) mass is 770 g/mol. The number of amides is 2. The van der Waals surface area contributed by atoms with Gasteiger partial charge >= 0.3 is 11.9 Å². The molecule has 0 aromatic heterocycles. The smallest absolute Gasteiger partial charge is 0.342 e. The average Bonchev–Trinajstić information content (AvgIpc) is 3.22. The van der Waals surface area contributed by atoms with E-state index in [1.807, 2.05) is 163 Å². The lowest BCUT2D eigenvalue weighted by Gasteiger charge is -2.48. The van der Waals surface area contributed by atoms with E-state index < -0.39 is 33.8 Å². The fourth-order valence-electron chi connectivity index (χ4n) is 8.20. The SMILES string of the molecule is Cc1ccc(C(=O)N[C@]2(c3ccccc3)C(=O)Oc3ccccc3C2(C)C)cc1.Cc1ccc(C(=O)N[C@]2(c3ccccc3)C(=O)Oc3ccccc3C2(C)C)cc1. The van der Waals surface area contributed by atoms with Crippen molar-refractivity contribution in [2.75, 3.05) is 0 Å². The van der Waals surface area contributed by atoms with Crippen molar-refractivity contribution in [3.05, 3.63) is 202 Å². The van der Waals surface area contributed by atoms with Gasteiger partial charge in [0.15, 0.2) is 11.1 Å². The maximum absolute atomic E-state index is 13.5. The number of aryl methyl sites for hydroxylation is 2. The standard InChI is InChI=1S/2C25H23NO3/c2*1-17-13-15-18(16-14-17)22(27)26-25(19-9-5-4-6-10-19)23(28)29-21-12-8-7-11-20(21)24(25,2)3/h2*4-16H,1-3H3,(H,26,27)/t2*25-/m11/s1. The Balaban J connectivity index is 0.000000177. The maximum atomic E-state index is 13.5. The molecule has 0 bridgehead atoms. The number of carbonyl (C=O) groups is 4. The summed E-state index contributed by atoms with van der Waals surface area (Å²) in [4.78, 5) is 53.4. The van der Waals surface area contributed by atoms with Gasteiger partial charge < -0.3 is 20.1 Å². The van der Waals surface area contributed by atoms with Crippen molar-refractivity contribution in [2.24, 2.45) is 0 Å². The second-order valence-electron chi connectivity index (χ2n) is 15.9. The van der Waals surface area contributed by atoms with E-state index in [0.29, 0.717) is 33.8 Å². The predicted molar refractivity (Wildman–Crippen MR) is 224 cm³/mol. The van der Waals surface area contributed by atoms with Crippen LogP contribution in [0.2, 0.25) is 0 Å². The van der Waals surface area contributed by atoms with E-state index in [1.165, 1.54) is 0 Å². The van der Waals surface area contributed by atoms with Crippen LogP contribution in [-0.2, 0) is 31.5 Å². The Hall–Kier alpha value is -6.80. The minimum atomic E-state index is -1.37. The number of fused-ring (bicyclic) bond motifs is 2. The topological polar surface area (TPSA) is 111 Å². The molecule has 0 radical (unpaired) electrons. The number of hydrogen-bond donors (Lipinski definition) is 2. The minimum Gasteiger partial charge on any atom is -0.424 e. The summed E-state index contributed by atoms with van der Waals surface area (Å²) >= 11 is 0. The fraction of sp³-hybridized carbons (Fsp3) is 0.200. The molecule has 0 unspecified atom stereocenters. The number of esters is 2. The molecule has 2 heterocycles. The second kappa shape index (κ2) is 15.3. The summed E-state index contributed by atoms with van der Waals surface area (Å²) < 4.78 is 11.5. The molecule has 0 saturated carbocycles. The van der Waals surface area contributed by atoms with Crippen molar-refractivity contribution in [3.8, 4) is 11.5 Å². The molecule has 8 heteroatoms. The summed E-state index contributed by atoms with van der Waals surface area (Å²) in [5.74, 6) is -0.575. The van der Waals surface area contributed by atoms with Crippen LogP contribution in [0, 0.1) is 13.8 Å². The molecule has 0 aliphatic carbocycles. The summed E-state index contributed by atoms with van der Waals surface area (Å²) in [5, 5.41) is 6.10. The number of rotatable bonds is 6. The van der Waals surface area contributed by atoms with Gasteiger partial charge in [0.1, 0.15) is 11.5 Å². The summed E-state index contributed by atoms with van der Waals surface area (Å²) in [6.45, 7) is 11.8. The zero-order chi connectivity index (χ0) is 41.3. The van der Waals surface area contributed by atoms with Crippen LogP contribution in [0.1, 0.15) is 81.8 Å². The van der Waals surface area contributed by atoms with Crippen LogP contribution in [0.3, 0.4) is 0 Å². The first kappa shape index (κ1) is 39.4. The quantitative estimate of drug-likeness (QED) is 0.129. The van der Waals surface area contributed by atoms with Gasteiger partial charge in [0.25, 0.3) is 11.8 Å². The van der Waals surface area contributed by atoms with Gasteiger partial charge in [-0.15, -0.1) is 0 Å². The van der Waals surface area contributed by atoms with E-state index in [1.54, 1.807) is 36.4 Å². The van der Waals surface area contributed by atoms with Crippen LogP contribution in [0.5, 0.6) is 11.5 Å². The summed E-state index contributed by atoms with van der Waals surface area (Å²) in [6.07, 6.45) is 0. The average molecular weight is 771 g/mol. The lowest BCUT2D eigenvalue weighted by molar-refractivity contribution is -0.148. The summed E-state index contributed by atoms with van der Waals surface area (Å²) in [5.41, 5.74) is 1.98. The van der Waals surface area contributed by atoms with Crippen LogP contribution in [0.15, 0.2) is 158 Å². The second-order valence-corrected chi connectivity index (χ2v) is 15.9. The number of carbonyl (C=O) groups excluding carboxylic acids is 4. The Morgan fingerprint density at radius 1 is 0.431 bits per heavy atom. The van der Waals surface area contributed by atoms with E-state index in [-0.39, 0.29) is 11.8 Å². The Morgan fingerprint density at radius 2 is 0.741 bits per heavy atom. The highest BCUT2D eigenvalue weighted by atomic mass is 16.5. The normalized spacial score (nSPS) is 19.8. The fourth-order valence-corrected chi connectivity index (χ4v) is 8.20. The Bertz CT molecular complexity index is 2320. The third kappa shape index (κ3) is 6.64. The zero-order valence-corrected chi connectivity index (χ0v) is 33.5. The van der Waals surface area contributed by atoms with Gasteiger partial charge in [-0.1, -0.05) is 160 Å². The lowest BCUT2D eigenvalue weighted by Crippen LogP contribution is -2.65. The number of hydrogen-bond acceptors (Lipinski definition) is 6. The summed E-state index contributed by atoms with van der Waals surface area (Å²) in [7, 11) is 0. The third-order valence-corrected chi connectivity index (χ3v) is 11.7. The first-order valence-corrected chi connectivity index (χ1v) is 19.3. The van der Waals surface area contributed by atoms with Crippen LogP contribution in [0.25, 0.3) is 0 Å². The largest absolute Gasteiger partial charge is 0.424 e. The van der Waals surface area contributed by atoms with E-state index in [4.69, 9.17) is 9.47 Å². The van der Waals surface area contributed by atoms with Crippen LogP contribution >= 0.6 is 0 Å². The molecule has 0 spiro atoms. The van der Waals surface area contributed by atoms with Crippen LogP contribution in [0.4, 0.5) is 0 Å². The van der Waals surface area contributed by atoms with Gasteiger partial charge in [-0.05, 0) is 61.4 Å². The number of ether oxygens (including phenoxy) is 2. The molecular weight excluding hydrogens is 725 g/mol. The Kier molecular flexibility index (Phi) is 10.4. The molecule has 0 fully saturated rings. The van der Waals surface area contributed by atoms with E-state index in [0.717, 1.165) is 22.3 Å². The van der Waals surface area contributed by atoms with Crippen molar-refractivity contribution >= 4 is 23.8 Å². The highest BCUT2D eigenvalue weighted by molar-refractivity contribution is 6.01. The number of para-hydroxylation sites is 2. The van der Waals surface area contributed by atoms with Crippen molar-refractivity contribution in [3.63, 3.8) is 0 Å². The van der Waals surface area contributed by atoms with E-state index >= 15 is 0 Å². The lowest BCUT2D eigenvalue weighted by atomic mass is 9.62. The minimum absolute atomic E-state index is 0.321. The van der Waals surface area contributed by atoms with E-state index in [2.05, 4.69) is 10.6 Å². The van der Waals surface area contributed by atoms with Crippen LogP contribution < -0.4 is 20.1 Å². The number of nitrogens with one attached hydrogen (secondary N) is 2. The molecule has 8 nitrogen and oxygen atoms in total. The van der Waals surface area contributed by atoms with Gasteiger partial charge in [0, 0.05) is 33.1 Å². The first-order chi connectivity index (χ1) is 27.7. The van der Waals surface area contributed by atoms with Gasteiger partial charge in [0.05, 0.1) is 0 Å². The molecule has 8 rings (SSSR count). The van der Waals surface area contributed by atoms with Crippen molar-refractivity contribution in [2.45, 2.75) is 63.5 Å². The van der Waals surface area contributed by atoms with Crippen molar-refractivity contribution < 1.29 is 28.7 Å². The molecule has 58 heavy (non-hydrogen) atoms. The number of benzene rings is 6. The molecule has 0 saturated heterocycles. The Labute approximate surface area is 339 Å². The van der Waals surface area contributed by atoms with Gasteiger partial charge in [0.2, 0.25) is 0 Å². The van der Waals surface area contributed by atoms with Gasteiger partial charge in [-0.25, -0.2) is 9.59 Å². The first-order valence-electron chi connectivity index (χ1n) is 19.3. The molecular formula is C50H46N2O6. The molecule has 2 atom stereocenters. The molecule has 292 valence electrons.